The van der Waals surface area contributed by atoms with Gasteiger partial charge in [0.1, 0.15) is 5.82 Å². The molecule has 2 amide bonds. The molecule has 6 nitrogen and oxygen atoms in total. The fourth-order valence-corrected chi connectivity index (χ4v) is 2.42. The Bertz CT molecular complexity index is 538. The second kappa shape index (κ2) is 4.08. The number of nitrogens with zero attached hydrogens (tertiary/aromatic N) is 5. The van der Waals surface area contributed by atoms with Crippen molar-refractivity contribution >= 4 is 17.8 Å². The van der Waals surface area contributed by atoms with E-state index in [9.17, 15) is 4.79 Å². The number of carbonyl (C=O) groups excluding carboxylic acids is 1. The van der Waals surface area contributed by atoms with Crippen LogP contribution in [0.4, 0.5) is 16.6 Å². The van der Waals surface area contributed by atoms with E-state index < -0.39 is 5.54 Å². The van der Waals surface area contributed by atoms with E-state index in [1.807, 2.05) is 39.8 Å². The zero-order valence-corrected chi connectivity index (χ0v) is 12.6. The normalized spacial score (nSPS) is 17.5. The lowest BCUT2D eigenvalue weighted by molar-refractivity contribution is 0.156. The number of aromatic nitrogens is 2. The number of rotatable bonds is 1. The number of hydrogen-bond acceptors (Lipinski definition) is 4. The quantitative estimate of drug-likeness (QED) is 0.772. The summed E-state index contributed by atoms with van der Waals surface area (Å²) in [6.07, 6.45) is 0. The van der Waals surface area contributed by atoms with Gasteiger partial charge >= 0.3 is 6.03 Å². The number of amides is 2. The molecule has 0 atom stereocenters. The first kappa shape index (κ1) is 13.6. The van der Waals surface area contributed by atoms with E-state index in [1.54, 1.807) is 23.9 Å². The molecule has 1 aliphatic heterocycles. The Morgan fingerprint density at radius 2 is 1.74 bits per heavy atom. The van der Waals surface area contributed by atoms with Crippen LogP contribution in [-0.4, -0.2) is 49.1 Å². The van der Waals surface area contributed by atoms with Gasteiger partial charge < -0.3 is 9.80 Å². The Morgan fingerprint density at radius 3 is 2.26 bits per heavy atom. The van der Waals surface area contributed by atoms with Crippen LogP contribution in [0.2, 0.25) is 0 Å². The fraction of sp³-hybridized carbons (Fsp3) is 0.615. The predicted octanol–water partition coefficient (Wildman–Crippen LogP) is 1.59. The highest BCUT2D eigenvalue weighted by molar-refractivity contribution is 5.94. The molecule has 1 aliphatic rings. The summed E-state index contributed by atoms with van der Waals surface area (Å²) >= 11 is 0. The Balaban J connectivity index is 2.74. The molecule has 0 spiro atoms. The van der Waals surface area contributed by atoms with E-state index in [-0.39, 0.29) is 6.03 Å². The van der Waals surface area contributed by atoms with E-state index in [2.05, 4.69) is 9.97 Å². The van der Waals surface area contributed by atoms with Gasteiger partial charge in [0, 0.05) is 33.8 Å². The Kier molecular flexibility index (Phi) is 2.91. The van der Waals surface area contributed by atoms with Gasteiger partial charge in [-0.1, -0.05) is 0 Å². The zero-order chi connectivity index (χ0) is 14.5. The number of carbonyl (C=O) groups is 1. The molecule has 0 bridgehead atoms. The number of aryl methyl sites for hydroxylation is 1. The summed E-state index contributed by atoms with van der Waals surface area (Å²) in [7, 11) is 7.34. The molecule has 19 heavy (non-hydrogen) atoms. The van der Waals surface area contributed by atoms with Gasteiger partial charge in [0.2, 0.25) is 5.95 Å². The standard InChI is InChI=1S/C13H21N5O/c1-8-9-10(15-11(14-8)16(4)5)17(6)12(19)18(7)13(9,2)3/h1-7H3. The van der Waals surface area contributed by atoms with Crippen LogP contribution in [-0.2, 0) is 5.54 Å². The van der Waals surface area contributed by atoms with E-state index in [1.165, 1.54) is 0 Å². The van der Waals surface area contributed by atoms with Crippen molar-refractivity contribution in [1.82, 2.24) is 14.9 Å². The van der Waals surface area contributed by atoms with Crippen molar-refractivity contribution in [2.24, 2.45) is 0 Å². The van der Waals surface area contributed by atoms with Crippen molar-refractivity contribution in [3.05, 3.63) is 11.3 Å². The lowest BCUT2D eigenvalue weighted by Crippen LogP contribution is -2.54. The first-order valence-electron chi connectivity index (χ1n) is 6.26. The van der Waals surface area contributed by atoms with E-state index in [0.717, 1.165) is 11.3 Å². The summed E-state index contributed by atoms with van der Waals surface area (Å²) in [5, 5.41) is 0. The topological polar surface area (TPSA) is 52.6 Å². The number of hydrogen-bond donors (Lipinski definition) is 0. The van der Waals surface area contributed by atoms with Gasteiger partial charge in [-0.25, -0.2) is 9.78 Å². The molecule has 2 heterocycles. The van der Waals surface area contributed by atoms with Gasteiger partial charge in [-0.05, 0) is 20.8 Å². The van der Waals surface area contributed by atoms with Crippen molar-refractivity contribution < 1.29 is 4.79 Å². The molecular weight excluding hydrogens is 242 g/mol. The third-order valence-corrected chi connectivity index (χ3v) is 3.80. The van der Waals surface area contributed by atoms with E-state index in [4.69, 9.17) is 0 Å². The van der Waals surface area contributed by atoms with Crippen LogP contribution in [0.5, 0.6) is 0 Å². The maximum absolute atomic E-state index is 12.3. The number of urea groups is 1. The Hall–Kier alpha value is -1.85. The van der Waals surface area contributed by atoms with Crippen molar-refractivity contribution in [2.45, 2.75) is 26.3 Å². The second-order valence-electron chi connectivity index (χ2n) is 5.66. The van der Waals surface area contributed by atoms with Crippen LogP contribution < -0.4 is 9.80 Å². The highest BCUT2D eigenvalue weighted by Gasteiger charge is 2.42. The van der Waals surface area contributed by atoms with Gasteiger partial charge in [0.25, 0.3) is 0 Å². The Labute approximate surface area is 114 Å². The minimum atomic E-state index is -0.409. The van der Waals surface area contributed by atoms with Crippen LogP contribution in [0.15, 0.2) is 0 Å². The molecule has 0 saturated heterocycles. The summed E-state index contributed by atoms with van der Waals surface area (Å²) in [5.74, 6) is 1.32. The molecule has 0 fully saturated rings. The molecule has 1 aromatic rings. The zero-order valence-electron chi connectivity index (χ0n) is 12.6. The third kappa shape index (κ3) is 1.82. The average molecular weight is 263 g/mol. The second-order valence-corrected chi connectivity index (χ2v) is 5.66. The van der Waals surface area contributed by atoms with Crippen molar-refractivity contribution in [2.75, 3.05) is 38.0 Å². The highest BCUT2D eigenvalue weighted by atomic mass is 16.2. The monoisotopic (exact) mass is 263 g/mol. The van der Waals surface area contributed by atoms with Crippen molar-refractivity contribution in [3.8, 4) is 0 Å². The van der Waals surface area contributed by atoms with Gasteiger partial charge in [0.15, 0.2) is 0 Å². The summed E-state index contributed by atoms with van der Waals surface area (Å²) in [4.78, 5) is 26.5. The first-order valence-corrected chi connectivity index (χ1v) is 6.26. The molecule has 104 valence electrons. The minimum Gasteiger partial charge on any atom is -0.347 e. The first-order chi connectivity index (χ1) is 8.67. The van der Waals surface area contributed by atoms with Gasteiger partial charge in [-0.3, -0.25) is 4.90 Å². The molecule has 0 aromatic carbocycles. The van der Waals surface area contributed by atoms with Crippen LogP contribution in [0.3, 0.4) is 0 Å². The SMILES string of the molecule is Cc1nc(N(C)C)nc2c1C(C)(C)N(C)C(=O)N2C. The van der Waals surface area contributed by atoms with Crippen LogP contribution >= 0.6 is 0 Å². The average Bonchev–Trinajstić information content (AvgIpc) is 2.33. The van der Waals surface area contributed by atoms with Gasteiger partial charge in [-0.2, -0.15) is 4.98 Å². The van der Waals surface area contributed by atoms with Crippen LogP contribution in [0.1, 0.15) is 25.1 Å². The molecule has 6 heteroatoms. The molecule has 1 aromatic heterocycles. The lowest BCUT2D eigenvalue weighted by Gasteiger charge is -2.44. The maximum atomic E-state index is 12.3. The van der Waals surface area contributed by atoms with E-state index >= 15 is 0 Å². The van der Waals surface area contributed by atoms with Gasteiger partial charge in [0.05, 0.1) is 11.2 Å². The van der Waals surface area contributed by atoms with E-state index in [0.29, 0.717) is 11.8 Å². The summed E-state index contributed by atoms with van der Waals surface area (Å²) < 4.78 is 0. The van der Waals surface area contributed by atoms with Crippen LogP contribution in [0.25, 0.3) is 0 Å². The fourth-order valence-electron chi connectivity index (χ4n) is 2.42. The third-order valence-electron chi connectivity index (χ3n) is 3.80. The number of anilines is 2. The molecule has 0 radical (unpaired) electrons. The maximum Gasteiger partial charge on any atom is 0.325 e. The molecule has 0 saturated carbocycles. The minimum absolute atomic E-state index is 0.0553. The predicted molar refractivity (Wildman–Crippen MR) is 75.7 cm³/mol. The molecule has 0 N–H and O–H groups in total. The van der Waals surface area contributed by atoms with Crippen LogP contribution in [0, 0.1) is 6.92 Å². The Morgan fingerprint density at radius 1 is 1.16 bits per heavy atom. The molecule has 2 rings (SSSR count). The van der Waals surface area contributed by atoms with Crippen molar-refractivity contribution in [1.29, 1.82) is 0 Å². The smallest absolute Gasteiger partial charge is 0.325 e. The highest BCUT2D eigenvalue weighted by Crippen LogP contribution is 2.40. The lowest BCUT2D eigenvalue weighted by atomic mass is 9.89. The molecular formula is C13H21N5O. The molecule has 0 unspecified atom stereocenters. The largest absolute Gasteiger partial charge is 0.347 e. The van der Waals surface area contributed by atoms with Crippen molar-refractivity contribution in [3.63, 3.8) is 0 Å². The summed E-state index contributed by atoms with van der Waals surface area (Å²) in [6.45, 7) is 6.00. The van der Waals surface area contributed by atoms with Gasteiger partial charge in [-0.15, -0.1) is 0 Å². The summed E-state index contributed by atoms with van der Waals surface area (Å²) in [6, 6.07) is -0.0553. The summed E-state index contributed by atoms with van der Waals surface area (Å²) in [5.41, 5.74) is 1.50. The molecule has 0 aliphatic carbocycles. The number of fused-ring (bicyclic) bond motifs is 1.